The minimum Gasteiger partial charge on any atom is -0.456 e. The van der Waals surface area contributed by atoms with Crippen LogP contribution in [0.25, 0.3) is 28.4 Å². The van der Waals surface area contributed by atoms with E-state index < -0.39 is 28.4 Å². The molecule has 1 aromatic heterocycles. The maximum absolute atomic E-state index is 12.9. The molecule has 0 N–H and O–H groups in total. The van der Waals surface area contributed by atoms with Gasteiger partial charge in [-0.25, -0.2) is 0 Å². The molecule has 0 atom stereocenters. The maximum atomic E-state index is 12.9. The Morgan fingerprint density at radius 3 is 2.49 bits per heavy atom. The zero-order chi connectivity index (χ0) is 26.1. The van der Waals surface area contributed by atoms with Crippen LogP contribution in [-0.4, -0.2) is 33.3 Å². The van der Waals surface area contributed by atoms with Crippen LogP contribution >= 0.6 is 11.8 Å². The summed E-state index contributed by atoms with van der Waals surface area (Å²) in [4.78, 5) is 61.6. The molecule has 2 heterocycles. The molecule has 3 aromatic carbocycles. The van der Waals surface area contributed by atoms with Crippen LogP contribution in [0.5, 0.6) is 0 Å². The summed E-state index contributed by atoms with van der Waals surface area (Å²) in [5.41, 5.74) is 1.47. The predicted octanol–water partition coefficient (Wildman–Crippen LogP) is 5.29. The van der Waals surface area contributed by atoms with Gasteiger partial charge in [-0.05, 0) is 53.7 Å². The van der Waals surface area contributed by atoms with E-state index in [0.717, 1.165) is 4.90 Å². The molecule has 1 saturated heterocycles. The Morgan fingerprint density at radius 1 is 0.973 bits per heavy atom. The highest BCUT2D eigenvalue weighted by molar-refractivity contribution is 8.18. The van der Waals surface area contributed by atoms with Crippen molar-refractivity contribution >= 4 is 51.4 Å². The first-order valence-corrected chi connectivity index (χ1v) is 11.8. The van der Waals surface area contributed by atoms with Crippen molar-refractivity contribution < 1.29 is 23.7 Å². The lowest BCUT2D eigenvalue weighted by Gasteiger charge is -2.11. The number of benzene rings is 3. The van der Waals surface area contributed by atoms with Crippen molar-refractivity contribution in [2.24, 2.45) is 0 Å². The molecule has 182 valence electrons. The van der Waals surface area contributed by atoms with Crippen LogP contribution in [0.1, 0.15) is 15.9 Å². The third-order valence-corrected chi connectivity index (χ3v) is 6.59. The fraction of sp³-hybridized carbons (Fsp3) is 0.0370. The highest BCUT2D eigenvalue weighted by atomic mass is 32.2. The Labute approximate surface area is 213 Å². The number of Topliss-reactive ketones (excluding diaryl/α,β-unsaturated/α-hetero) is 1. The van der Waals surface area contributed by atoms with E-state index >= 15 is 0 Å². The lowest BCUT2D eigenvalue weighted by atomic mass is 10.1. The number of hydrogen-bond donors (Lipinski definition) is 0. The number of hydrogen-bond acceptors (Lipinski definition) is 8. The summed E-state index contributed by atoms with van der Waals surface area (Å²) in [5, 5.41) is 10.7. The van der Waals surface area contributed by atoms with Crippen molar-refractivity contribution in [2.75, 3.05) is 6.54 Å². The molecule has 0 aliphatic carbocycles. The number of fused-ring (bicyclic) bond motifs is 1. The van der Waals surface area contributed by atoms with Gasteiger partial charge in [0.05, 0.1) is 21.8 Å². The minimum atomic E-state index is -0.618. The van der Waals surface area contributed by atoms with E-state index in [2.05, 4.69) is 0 Å². The zero-order valence-electron chi connectivity index (χ0n) is 19.0. The monoisotopic (exact) mass is 512 g/mol. The van der Waals surface area contributed by atoms with Gasteiger partial charge in [0, 0.05) is 29.3 Å². The molecule has 0 radical (unpaired) electrons. The van der Waals surface area contributed by atoms with Crippen LogP contribution in [0.2, 0.25) is 0 Å². The number of nitro benzene ring substituents is 1. The lowest BCUT2D eigenvalue weighted by Crippen LogP contribution is -2.33. The molecule has 9 nitrogen and oxygen atoms in total. The highest BCUT2D eigenvalue weighted by Gasteiger charge is 2.36. The van der Waals surface area contributed by atoms with Crippen LogP contribution in [0.15, 0.2) is 93.0 Å². The van der Waals surface area contributed by atoms with Crippen molar-refractivity contribution in [3.05, 3.63) is 115 Å². The number of nitro groups is 1. The van der Waals surface area contributed by atoms with E-state index in [1.165, 1.54) is 36.4 Å². The molecule has 1 aliphatic heterocycles. The number of thioether (sulfide) groups is 1. The largest absolute Gasteiger partial charge is 0.456 e. The summed E-state index contributed by atoms with van der Waals surface area (Å²) in [6, 6.07) is 20.2. The van der Waals surface area contributed by atoms with Gasteiger partial charge >= 0.3 is 0 Å². The molecule has 0 unspecified atom stereocenters. The summed E-state index contributed by atoms with van der Waals surface area (Å²) in [6.45, 7) is -0.484. The Hall–Kier alpha value is -4.83. The van der Waals surface area contributed by atoms with Crippen LogP contribution in [-0.2, 0) is 4.79 Å². The van der Waals surface area contributed by atoms with E-state index in [1.807, 2.05) is 0 Å². The summed E-state index contributed by atoms with van der Waals surface area (Å²) in [5.74, 6) is -0.777. The van der Waals surface area contributed by atoms with E-state index in [-0.39, 0.29) is 21.6 Å². The Morgan fingerprint density at radius 2 is 1.73 bits per heavy atom. The van der Waals surface area contributed by atoms with E-state index in [0.29, 0.717) is 39.6 Å². The van der Waals surface area contributed by atoms with Gasteiger partial charge in [0.1, 0.15) is 11.3 Å². The van der Waals surface area contributed by atoms with Crippen molar-refractivity contribution in [3.63, 3.8) is 0 Å². The molecule has 5 rings (SSSR count). The Kier molecular flexibility index (Phi) is 6.24. The van der Waals surface area contributed by atoms with E-state index in [9.17, 15) is 29.3 Å². The van der Waals surface area contributed by atoms with Crippen molar-refractivity contribution in [2.45, 2.75) is 0 Å². The zero-order valence-corrected chi connectivity index (χ0v) is 19.8. The van der Waals surface area contributed by atoms with Gasteiger partial charge in [-0.15, -0.1) is 0 Å². The molecular formula is C27H16N2O7S. The third kappa shape index (κ3) is 4.82. The fourth-order valence-electron chi connectivity index (χ4n) is 3.82. The lowest BCUT2D eigenvalue weighted by molar-refractivity contribution is -0.384. The van der Waals surface area contributed by atoms with Gasteiger partial charge in [-0.2, -0.15) is 0 Å². The topological polar surface area (TPSA) is 128 Å². The van der Waals surface area contributed by atoms with Crippen molar-refractivity contribution in [1.29, 1.82) is 0 Å². The van der Waals surface area contributed by atoms with Crippen molar-refractivity contribution in [1.82, 2.24) is 4.90 Å². The molecule has 37 heavy (non-hydrogen) atoms. The number of para-hydroxylation sites is 1. The van der Waals surface area contributed by atoms with Crippen LogP contribution in [0, 0.1) is 10.1 Å². The number of imide groups is 1. The second-order valence-electron chi connectivity index (χ2n) is 8.09. The third-order valence-electron chi connectivity index (χ3n) is 5.68. The number of carbonyl (C=O) groups excluding carboxylic acids is 3. The van der Waals surface area contributed by atoms with Gasteiger partial charge in [0.15, 0.2) is 11.2 Å². The summed E-state index contributed by atoms with van der Waals surface area (Å²) >= 11 is 0.710. The molecule has 4 aromatic rings. The van der Waals surface area contributed by atoms with Gasteiger partial charge in [0.2, 0.25) is 0 Å². The number of rotatable bonds is 6. The minimum absolute atomic E-state index is 0.138. The average molecular weight is 512 g/mol. The van der Waals surface area contributed by atoms with Crippen LogP contribution in [0.3, 0.4) is 0 Å². The Balaban J connectivity index is 1.37. The van der Waals surface area contributed by atoms with Gasteiger partial charge in [-0.1, -0.05) is 30.3 Å². The van der Waals surface area contributed by atoms with Gasteiger partial charge in [-0.3, -0.25) is 34.2 Å². The Bertz CT molecular complexity index is 1690. The number of amides is 2. The average Bonchev–Trinajstić information content (AvgIpc) is 3.16. The van der Waals surface area contributed by atoms with Gasteiger partial charge in [0.25, 0.3) is 16.8 Å². The smallest absolute Gasteiger partial charge is 0.293 e. The highest BCUT2D eigenvalue weighted by Crippen LogP contribution is 2.33. The number of carbonyl (C=O) groups is 3. The van der Waals surface area contributed by atoms with E-state index in [1.54, 1.807) is 48.5 Å². The summed E-state index contributed by atoms with van der Waals surface area (Å²) in [7, 11) is 0. The standard InChI is InChI=1S/C27H16N2O7S/c30-21-14-24(36-23-7-2-1-6-20(21)23)18-5-3-4-16(12-18)13-25-26(32)28(27(33)37-25)15-22(31)17-8-10-19(11-9-17)29(34)35/h1-14H,15H2/b25-13-. The SMILES string of the molecule is O=C(CN1C(=O)S/C(=C\c2cccc(-c3cc(=O)c4ccccc4o3)c2)C1=O)c1ccc([N+](=O)[O-])cc1. The van der Waals surface area contributed by atoms with E-state index in [4.69, 9.17) is 4.42 Å². The first kappa shape index (κ1) is 23.9. The number of nitrogens with zero attached hydrogens (tertiary/aromatic N) is 2. The summed E-state index contributed by atoms with van der Waals surface area (Å²) < 4.78 is 5.89. The normalized spacial score (nSPS) is 14.5. The molecule has 0 saturated carbocycles. The number of ketones is 1. The summed E-state index contributed by atoms with van der Waals surface area (Å²) in [6.07, 6.45) is 1.53. The second-order valence-corrected chi connectivity index (χ2v) is 9.08. The van der Waals surface area contributed by atoms with Gasteiger partial charge < -0.3 is 4.42 Å². The quantitative estimate of drug-likeness (QED) is 0.148. The molecule has 1 aliphatic rings. The molecular weight excluding hydrogens is 496 g/mol. The first-order chi connectivity index (χ1) is 17.8. The molecule has 2 amide bonds. The van der Waals surface area contributed by atoms with Crippen molar-refractivity contribution in [3.8, 4) is 11.3 Å². The molecule has 0 spiro atoms. The van der Waals surface area contributed by atoms with Crippen LogP contribution in [0.4, 0.5) is 10.5 Å². The maximum Gasteiger partial charge on any atom is 0.293 e. The predicted molar refractivity (Wildman–Crippen MR) is 138 cm³/mol. The second kappa shape index (κ2) is 9.67. The van der Waals surface area contributed by atoms with Crippen LogP contribution < -0.4 is 5.43 Å². The molecule has 10 heteroatoms. The molecule has 1 fully saturated rings. The fourth-order valence-corrected chi connectivity index (χ4v) is 4.66. The molecule has 0 bridgehead atoms. The number of non-ortho nitro benzene ring substituents is 1. The first-order valence-electron chi connectivity index (χ1n) is 11.0.